The van der Waals surface area contributed by atoms with E-state index >= 15 is 0 Å². The van der Waals surface area contributed by atoms with Gasteiger partial charge in [-0.2, -0.15) is 0 Å². The van der Waals surface area contributed by atoms with Crippen LogP contribution in [-0.4, -0.2) is 11.4 Å². The molecule has 0 spiro atoms. The first-order valence-corrected chi connectivity index (χ1v) is 5.52. The lowest BCUT2D eigenvalue weighted by Gasteiger charge is -2.23. The van der Waals surface area contributed by atoms with Gasteiger partial charge < -0.3 is 5.11 Å². The minimum absolute atomic E-state index is 0.547. The average Bonchev–Trinajstić information content (AvgIpc) is 2.47. The fraction of sp³-hybridized carbons (Fsp3) is 0.0625. The molecule has 1 atom stereocenters. The van der Waals surface area contributed by atoms with Gasteiger partial charge in [-0.25, -0.2) is 0 Å². The van der Waals surface area contributed by atoms with E-state index in [0.29, 0.717) is 16.7 Å². The third-order valence-electron chi connectivity index (χ3n) is 2.86. The van der Waals surface area contributed by atoms with Crippen LogP contribution < -0.4 is 0 Å². The van der Waals surface area contributed by atoms with Crippen molar-refractivity contribution in [3.63, 3.8) is 0 Å². The highest BCUT2D eigenvalue weighted by Crippen LogP contribution is 2.28. The standard InChI is InChI=1S/C16H12O2/c1-2-16(18,14-6-4-3-5-7-14)15-10-8-13(12-17)9-11-15/h1,3-12,18H. The summed E-state index contributed by atoms with van der Waals surface area (Å²) < 4.78 is 0. The molecule has 0 heterocycles. The summed E-state index contributed by atoms with van der Waals surface area (Å²) in [5, 5.41) is 10.6. The maximum atomic E-state index is 10.6. The van der Waals surface area contributed by atoms with Crippen LogP contribution in [0.25, 0.3) is 0 Å². The van der Waals surface area contributed by atoms with E-state index in [-0.39, 0.29) is 0 Å². The third-order valence-corrected chi connectivity index (χ3v) is 2.86. The van der Waals surface area contributed by atoms with Crippen LogP contribution in [0.5, 0.6) is 0 Å². The van der Waals surface area contributed by atoms with Gasteiger partial charge in [-0.15, -0.1) is 6.42 Å². The lowest BCUT2D eigenvalue weighted by Crippen LogP contribution is -2.24. The number of aldehydes is 1. The first-order chi connectivity index (χ1) is 8.70. The molecule has 0 aliphatic rings. The van der Waals surface area contributed by atoms with Gasteiger partial charge in [0.2, 0.25) is 0 Å². The highest BCUT2D eigenvalue weighted by atomic mass is 16.3. The van der Waals surface area contributed by atoms with Crippen LogP contribution in [0, 0.1) is 12.3 Å². The number of terminal acetylenes is 1. The van der Waals surface area contributed by atoms with Gasteiger partial charge in [0.25, 0.3) is 0 Å². The van der Waals surface area contributed by atoms with Crippen molar-refractivity contribution in [2.75, 3.05) is 0 Å². The van der Waals surface area contributed by atoms with E-state index < -0.39 is 5.60 Å². The number of hydrogen-bond donors (Lipinski definition) is 1. The largest absolute Gasteiger partial charge is 0.369 e. The molecular formula is C16H12O2. The lowest BCUT2D eigenvalue weighted by molar-refractivity contribution is 0.112. The maximum Gasteiger partial charge on any atom is 0.176 e. The zero-order valence-corrected chi connectivity index (χ0v) is 9.71. The van der Waals surface area contributed by atoms with Crippen molar-refractivity contribution in [2.24, 2.45) is 0 Å². The van der Waals surface area contributed by atoms with E-state index in [1.54, 1.807) is 36.4 Å². The number of hydrogen-bond acceptors (Lipinski definition) is 2. The molecule has 0 saturated heterocycles. The molecule has 0 aliphatic heterocycles. The van der Waals surface area contributed by atoms with Crippen molar-refractivity contribution in [3.8, 4) is 12.3 Å². The second-order valence-electron chi connectivity index (χ2n) is 3.96. The van der Waals surface area contributed by atoms with Gasteiger partial charge in [0.15, 0.2) is 5.60 Å². The summed E-state index contributed by atoms with van der Waals surface area (Å²) in [6.07, 6.45) is 6.22. The normalized spacial score (nSPS) is 13.3. The molecule has 2 aromatic carbocycles. The number of rotatable bonds is 3. The van der Waals surface area contributed by atoms with Crippen LogP contribution in [0.4, 0.5) is 0 Å². The first-order valence-electron chi connectivity index (χ1n) is 5.52. The summed E-state index contributed by atoms with van der Waals surface area (Å²) in [4.78, 5) is 10.6. The van der Waals surface area contributed by atoms with Crippen LogP contribution in [0.2, 0.25) is 0 Å². The molecule has 0 saturated carbocycles. The van der Waals surface area contributed by atoms with E-state index in [1.807, 2.05) is 18.2 Å². The molecule has 0 radical (unpaired) electrons. The first kappa shape index (κ1) is 12.1. The summed E-state index contributed by atoms with van der Waals surface area (Å²) in [6, 6.07) is 15.6. The molecule has 2 rings (SSSR count). The van der Waals surface area contributed by atoms with Crippen LogP contribution >= 0.6 is 0 Å². The summed E-state index contributed by atoms with van der Waals surface area (Å²) in [7, 11) is 0. The van der Waals surface area contributed by atoms with E-state index in [9.17, 15) is 9.90 Å². The Kier molecular flexibility index (Phi) is 3.27. The van der Waals surface area contributed by atoms with E-state index in [1.165, 1.54) is 0 Å². The zero-order valence-electron chi connectivity index (χ0n) is 9.71. The molecule has 2 aromatic rings. The Bertz CT molecular complexity index is 579. The quantitative estimate of drug-likeness (QED) is 0.656. The Morgan fingerprint density at radius 1 is 1.00 bits per heavy atom. The molecule has 2 nitrogen and oxygen atoms in total. The van der Waals surface area contributed by atoms with Crippen molar-refractivity contribution in [2.45, 2.75) is 5.60 Å². The van der Waals surface area contributed by atoms with Gasteiger partial charge in [0, 0.05) is 16.7 Å². The molecule has 0 bridgehead atoms. The monoisotopic (exact) mass is 236 g/mol. The van der Waals surface area contributed by atoms with E-state index in [2.05, 4.69) is 5.92 Å². The second kappa shape index (κ2) is 4.87. The Morgan fingerprint density at radius 2 is 1.56 bits per heavy atom. The number of aliphatic hydroxyl groups is 1. The molecule has 0 aromatic heterocycles. The molecule has 0 amide bonds. The van der Waals surface area contributed by atoms with Crippen molar-refractivity contribution in [1.82, 2.24) is 0 Å². The summed E-state index contributed by atoms with van der Waals surface area (Å²) >= 11 is 0. The summed E-state index contributed by atoms with van der Waals surface area (Å²) in [5.74, 6) is 2.42. The van der Waals surface area contributed by atoms with Crippen molar-refractivity contribution in [1.29, 1.82) is 0 Å². The van der Waals surface area contributed by atoms with Gasteiger partial charge in [0.1, 0.15) is 6.29 Å². The Hall–Kier alpha value is -2.37. The second-order valence-corrected chi connectivity index (χ2v) is 3.96. The van der Waals surface area contributed by atoms with Gasteiger partial charge in [-0.3, -0.25) is 4.79 Å². The molecule has 0 aliphatic carbocycles. The smallest absolute Gasteiger partial charge is 0.176 e. The molecular weight excluding hydrogens is 224 g/mol. The maximum absolute atomic E-state index is 10.6. The Morgan fingerprint density at radius 3 is 2.06 bits per heavy atom. The topological polar surface area (TPSA) is 37.3 Å². The Labute approximate surface area is 106 Å². The van der Waals surface area contributed by atoms with Crippen LogP contribution in [0.1, 0.15) is 21.5 Å². The molecule has 1 N–H and O–H groups in total. The molecule has 1 unspecified atom stereocenters. The molecule has 18 heavy (non-hydrogen) atoms. The highest BCUT2D eigenvalue weighted by Gasteiger charge is 2.28. The van der Waals surface area contributed by atoms with Crippen LogP contribution in [0.15, 0.2) is 54.6 Å². The van der Waals surface area contributed by atoms with Crippen LogP contribution in [-0.2, 0) is 5.60 Å². The summed E-state index contributed by atoms with van der Waals surface area (Å²) in [6.45, 7) is 0. The minimum Gasteiger partial charge on any atom is -0.369 e. The Balaban J connectivity index is 2.50. The molecule has 0 fully saturated rings. The predicted octanol–water partition coefficient (Wildman–Crippen LogP) is 2.37. The fourth-order valence-corrected chi connectivity index (χ4v) is 1.82. The highest BCUT2D eigenvalue weighted by molar-refractivity contribution is 5.74. The lowest BCUT2D eigenvalue weighted by atomic mass is 9.87. The SMILES string of the molecule is C#CC(O)(c1ccccc1)c1ccc(C=O)cc1. The minimum atomic E-state index is -1.47. The number of carbonyl (C=O) groups excluding carboxylic acids is 1. The predicted molar refractivity (Wildman–Crippen MR) is 70.1 cm³/mol. The number of benzene rings is 2. The number of carbonyl (C=O) groups is 1. The van der Waals surface area contributed by atoms with Crippen LogP contribution in [0.3, 0.4) is 0 Å². The van der Waals surface area contributed by atoms with Gasteiger partial charge in [-0.1, -0.05) is 60.5 Å². The van der Waals surface area contributed by atoms with Crippen molar-refractivity contribution in [3.05, 3.63) is 71.3 Å². The van der Waals surface area contributed by atoms with Crippen molar-refractivity contribution >= 4 is 6.29 Å². The van der Waals surface area contributed by atoms with Crippen molar-refractivity contribution < 1.29 is 9.90 Å². The van der Waals surface area contributed by atoms with Gasteiger partial charge >= 0.3 is 0 Å². The van der Waals surface area contributed by atoms with Gasteiger partial charge in [-0.05, 0) is 0 Å². The fourth-order valence-electron chi connectivity index (χ4n) is 1.82. The molecule has 88 valence electrons. The van der Waals surface area contributed by atoms with Gasteiger partial charge in [0.05, 0.1) is 0 Å². The molecule has 2 heteroatoms. The summed E-state index contributed by atoms with van der Waals surface area (Å²) in [5.41, 5.74) is 0.280. The average molecular weight is 236 g/mol. The zero-order chi connectivity index (χ0) is 13.0. The third kappa shape index (κ3) is 2.04. The van der Waals surface area contributed by atoms with E-state index in [0.717, 1.165) is 6.29 Å². The van der Waals surface area contributed by atoms with E-state index in [4.69, 9.17) is 6.42 Å².